The average molecular weight is 1280 g/mol. The van der Waals surface area contributed by atoms with E-state index in [-0.39, 0.29) is 12.5 Å². The number of nitrogens with one attached hydrogen (secondary N) is 1. The van der Waals surface area contributed by atoms with Crippen LogP contribution in [0.5, 0.6) is 0 Å². The molecule has 0 saturated carbocycles. The van der Waals surface area contributed by atoms with E-state index in [1.54, 1.807) is 0 Å². The van der Waals surface area contributed by atoms with E-state index in [2.05, 4.69) is 47.7 Å². The Bertz CT molecular complexity index is 1650. The van der Waals surface area contributed by atoms with E-state index < -0.39 is 59.9 Å². The molecule has 528 valence electrons. The molecule has 1 fully saturated rings. The van der Waals surface area contributed by atoms with Crippen molar-refractivity contribution in [1.29, 1.82) is 0 Å². The van der Waals surface area contributed by atoms with Gasteiger partial charge in [-0.25, -0.2) is 4.18 Å². The van der Waals surface area contributed by atoms with E-state index in [1.807, 2.05) is 0 Å². The van der Waals surface area contributed by atoms with Crippen molar-refractivity contribution >= 4 is 16.3 Å². The largest absolute Gasteiger partial charge is 0.397 e. The molecular weight excluding hydrogens is 1130 g/mol. The van der Waals surface area contributed by atoms with Crippen molar-refractivity contribution in [3.8, 4) is 0 Å². The van der Waals surface area contributed by atoms with E-state index in [0.29, 0.717) is 12.8 Å². The molecule has 89 heavy (non-hydrogen) atoms. The number of aliphatic hydroxyl groups excluding tert-OH is 4. The van der Waals surface area contributed by atoms with Crippen LogP contribution in [-0.4, -0.2) is 95.4 Å². The maximum absolute atomic E-state index is 13.2. The fourth-order valence-corrected chi connectivity index (χ4v) is 13.4. The molecule has 0 spiro atoms. The van der Waals surface area contributed by atoms with Crippen LogP contribution in [0.2, 0.25) is 0 Å². The number of ether oxygens (including phenoxy) is 2. The summed E-state index contributed by atoms with van der Waals surface area (Å²) < 4.78 is 48.2. The van der Waals surface area contributed by atoms with Gasteiger partial charge < -0.3 is 35.2 Å². The summed E-state index contributed by atoms with van der Waals surface area (Å²) in [5.41, 5.74) is 0. The van der Waals surface area contributed by atoms with Crippen molar-refractivity contribution in [1.82, 2.24) is 5.32 Å². The average Bonchev–Trinajstić information content (AvgIpc) is 1.16. The molecule has 1 rings (SSSR count). The lowest BCUT2D eigenvalue weighted by atomic mass is 9.99. The van der Waals surface area contributed by atoms with Gasteiger partial charge >= 0.3 is 10.4 Å². The van der Waals surface area contributed by atoms with Crippen LogP contribution in [0.1, 0.15) is 399 Å². The van der Waals surface area contributed by atoms with Gasteiger partial charge in [-0.05, 0) is 44.9 Å². The first-order chi connectivity index (χ1) is 43.5. The van der Waals surface area contributed by atoms with Crippen molar-refractivity contribution in [3.05, 3.63) is 24.3 Å². The van der Waals surface area contributed by atoms with E-state index in [9.17, 15) is 38.2 Å². The number of amides is 1. The zero-order valence-electron chi connectivity index (χ0n) is 58.3. The lowest BCUT2D eigenvalue weighted by Gasteiger charge is -2.41. The minimum atomic E-state index is -5.09. The van der Waals surface area contributed by atoms with Gasteiger partial charge in [-0.3, -0.25) is 9.35 Å². The minimum absolute atomic E-state index is 0.222. The standard InChI is InChI=1S/C76H147NO11S/c1-3-5-7-9-11-13-15-17-19-21-23-25-27-28-29-30-31-32-33-34-35-36-37-38-39-40-41-42-44-46-48-50-52-54-56-58-60-62-64-66-72(80)77-69(68-86-76-74(82)75(88-89(83,84)85)73(81)71(67-78)87-76)70(79)65-63-61-59-57-55-53-51-49-47-45-43-26-24-22-20-18-16-14-12-10-8-6-4-2/h31-32,34-35,69-71,73-76,78-79,81-82H,3-30,33,36-68H2,1-2H3,(H,77,80)(H,83,84,85)/b32-31-,35-34-. The van der Waals surface area contributed by atoms with Crippen molar-refractivity contribution in [2.24, 2.45) is 0 Å². The van der Waals surface area contributed by atoms with Crippen LogP contribution in [0.4, 0.5) is 0 Å². The number of carbonyl (C=O) groups excluding carboxylic acids is 1. The molecule has 0 aliphatic carbocycles. The third kappa shape index (κ3) is 56.6. The molecule has 12 nitrogen and oxygen atoms in total. The first-order valence-corrected chi connectivity index (χ1v) is 40.1. The van der Waals surface area contributed by atoms with Crippen molar-refractivity contribution in [2.75, 3.05) is 13.2 Å². The third-order valence-corrected chi connectivity index (χ3v) is 19.2. The molecule has 1 heterocycles. The molecule has 0 bridgehead atoms. The monoisotopic (exact) mass is 1280 g/mol. The molecular formula is C76H147NO11S. The number of carbonyl (C=O) groups is 1. The Hall–Kier alpha value is -1.42. The quantitative estimate of drug-likeness (QED) is 0.0193. The molecule has 6 N–H and O–H groups in total. The maximum atomic E-state index is 13.2. The van der Waals surface area contributed by atoms with Gasteiger partial charge in [-0.2, -0.15) is 8.42 Å². The second kappa shape index (κ2) is 65.3. The van der Waals surface area contributed by atoms with Crippen LogP contribution in [0.3, 0.4) is 0 Å². The molecule has 7 atom stereocenters. The molecule has 1 saturated heterocycles. The fraction of sp³-hybridized carbons (Fsp3) is 0.934. The number of hydrogen-bond acceptors (Lipinski definition) is 10. The van der Waals surface area contributed by atoms with Crippen LogP contribution >= 0.6 is 0 Å². The van der Waals surface area contributed by atoms with Gasteiger partial charge in [0.2, 0.25) is 5.91 Å². The summed E-state index contributed by atoms with van der Waals surface area (Å²) in [6.45, 7) is 3.53. The summed E-state index contributed by atoms with van der Waals surface area (Å²) >= 11 is 0. The van der Waals surface area contributed by atoms with E-state index in [0.717, 1.165) is 57.8 Å². The molecule has 7 unspecified atom stereocenters. The predicted octanol–water partition coefficient (Wildman–Crippen LogP) is 21.0. The summed E-state index contributed by atoms with van der Waals surface area (Å²) in [5.74, 6) is -0.222. The predicted molar refractivity (Wildman–Crippen MR) is 375 cm³/mol. The molecule has 13 heteroatoms. The van der Waals surface area contributed by atoms with Crippen molar-refractivity contribution in [3.63, 3.8) is 0 Å². The Morgan fingerprint density at radius 1 is 0.449 bits per heavy atom. The molecule has 0 aromatic heterocycles. The third-order valence-electron chi connectivity index (χ3n) is 18.8. The molecule has 0 aromatic carbocycles. The topological polar surface area (TPSA) is 192 Å². The molecule has 1 aliphatic heterocycles. The van der Waals surface area contributed by atoms with E-state index >= 15 is 0 Å². The number of allylic oxidation sites excluding steroid dienone is 4. The van der Waals surface area contributed by atoms with Crippen LogP contribution in [0, 0.1) is 0 Å². The van der Waals surface area contributed by atoms with Gasteiger partial charge in [-0.15, -0.1) is 0 Å². The highest BCUT2D eigenvalue weighted by atomic mass is 32.3. The van der Waals surface area contributed by atoms with Crippen molar-refractivity contribution < 1.29 is 51.8 Å². The maximum Gasteiger partial charge on any atom is 0.397 e. The highest BCUT2D eigenvalue weighted by molar-refractivity contribution is 7.80. The first-order valence-electron chi connectivity index (χ1n) is 38.7. The number of hydrogen-bond donors (Lipinski definition) is 6. The van der Waals surface area contributed by atoms with Crippen LogP contribution < -0.4 is 5.32 Å². The van der Waals surface area contributed by atoms with Gasteiger partial charge in [0.05, 0.1) is 25.4 Å². The lowest BCUT2D eigenvalue weighted by Crippen LogP contribution is -2.61. The second-order valence-electron chi connectivity index (χ2n) is 27.3. The lowest BCUT2D eigenvalue weighted by molar-refractivity contribution is -0.298. The van der Waals surface area contributed by atoms with Crippen molar-refractivity contribution in [2.45, 2.75) is 442 Å². The summed E-state index contributed by atoms with van der Waals surface area (Å²) in [7, 11) is -5.09. The summed E-state index contributed by atoms with van der Waals surface area (Å²) in [6.07, 6.45) is 76.7. The number of unbranched alkanes of at least 4 members (excludes halogenated alkanes) is 54. The van der Waals surface area contributed by atoms with Crippen LogP contribution in [-0.2, 0) is 28.9 Å². The molecule has 0 aromatic rings. The Morgan fingerprint density at radius 3 is 1.07 bits per heavy atom. The number of rotatable bonds is 70. The van der Waals surface area contributed by atoms with Crippen LogP contribution in [0.25, 0.3) is 0 Å². The fourth-order valence-electron chi connectivity index (χ4n) is 12.9. The normalized spacial score (nSPS) is 18.0. The molecule has 1 aliphatic rings. The first kappa shape index (κ1) is 85.6. The van der Waals surface area contributed by atoms with Gasteiger partial charge in [0.25, 0.3) is 0 Å². The van der Waals surface area contributed by atoms with Gasteiger partial charge in [0.1, 0.15) is 24.4 Å². The van der Waals surface area contributed by atoms with Gasteiger partial charge in [0.15, 0.2) is 6.29 Å². The Kier molecular flexibility index (Phi) is 62.8. The van der Waals surface area contributed by atoms with Gasteiger partial charge in [0, 0.05) is 6.42 Å². The van der Waals surface area contributed by atoms with E-state index in [1.165, 1.54) is 315 Å². The summed E-state index contributed by atoms with van der Waals surface area (Å²) in [4.78, 5) is 13.2. The SMILES string of the molecule is CCCCCCCCCCCCCCCCC/C=C\C/C=C\CCCCCCCCCCCCCCCCCCCC(=O)NC(COC1OC(CO)C(O)C(OS(=O)(=O)O)C1O)C(O)CCCCCCCCCCCCCCCCCCCCCCCCC. The highest BCUT2D eigenvalue weighted by Crippen LogP contribution is 2.27. The Balaban J connectivity index is 2.15. The molecule has 1 amide bonds. The smallest absolute Gasteiger partial charge is 0.394 e. The Morgan fingerprint density at radius 2 is 0.753 bits per heavy atom. The van der Waals surface area contributed by atoms with Gasteiger partial charge in [-0.1, -0.05) is 372 Å². The second-order valence-corrected chi connectivity index (χ2v) is 28.4. The summed E-state index contributed by atoms with van der Waals surface area (Å²) in [5, 5.41) is 45.4. The summed E-state index contributed by atoms with van der Waals surface area (Å²) in [6, 6.07) is -0.859. The highest BCUT2D eigenvalue weighted by Gasteiger charge is 2.48. The Labute approximate surface area is 550 Å². The zero-order valence-corrected chi connectivity index (χ0v) is 59.1. The zero-order chi connectivity index (χ0) is 64.6. The number of aliphatic hydroxyl groups is 4. The molecule has 0 radical (unpaired) electrons. The van der Waals surface area contributed by atoms with E-state index in [4.69, 9.17) is 9.47 Å². The van der Waals surface area contributed by atoms with Crippen LogP contribution in [0.15, 0.2) is 24.3 Å². The minimum Gasteiger partial charge on any atom is -0.394 e.